The molecule has 0 bridgehead atoms. The van der Waals surface area contributed by atoms with Crippen LogP contribution < -0.4 is 10.2 Å². The van der Waals surface area contributed by atoms with Crippen LogP contribution in [0.15, 0.2) is 30.3 Å². The lowest BCUT2D eigenvalue weighted by Gasteiger charge is -2.37. The third-order valence-electron chi connectivity index (χ3n) is 4.29. The Bertz CT molecular complexity index is 436. The Hall–Kier alpha value is -1.55. The zero-order valence-electron chi connectivity index (χ0n) is 11.9. The number of anilines is 1. The summed E-state index contributed by atoms with van der Waals surface area (Å²) >= 11 is 0. The van der Waals surface area contributed by atoms with Crippen molar-refractivity contribution >= 4 is 11.7 Å². The maximum absolute atomic E-state index is 12.9. The first-order chi connectivity index (χ1) is 9.86. The number of carbonyl (C=O) groups is 1. The maximum Gasteiger partial charge on any atom is 0.324 e. The number of benzene rings is 1. The second-order valence-electron chi connectivity index (χ2n) is 5.66. The minimum atomic E-state index is 0.195. The molecule has 2 saturated heterocycles. The fourth-order valence-corrected chi connectivity index (χ4v) is 3.19. The molecule has 1 N–H and O–H groups in total. The van der Waals surface area contributed by atoms with Crippen molar-refractivity contribution in [1.82, 2.24) is 10.2 Å². The monoisotopic (exact) mass is 273 g/mol. The number of piperidine rings is 1. The van der Waals surface area contributed by atoms with E-state index in [2.05, 4.69) is 17.4 Å². The molecule has 3 rings (SSSR count). The first-order valence-corrected chi connectivity index (χ1v) is 7.70. The second kappa shape index (κ2) is 6.27. The highest BCUT2D eigenvalue weighted by Crippen LogP contribution is 2.24. The number of amides is 2. The van der Waals surface area contributed by atoms with E-state index in [0.29, 0.717) is 6.04 Å². The smallest absolute Gasteiger partial charge is 0.324 e. The van der Waals surface area contributed by atoms with Crippen LogP contribution in [0.5, 0.6) is 0 Å². The van der Waals surface area contributed by atoms with E-state index in [9.17, 15) is 4.79 Å². The molecule has 0 spiro atoms. The molecular weight excluding hydrogens is 250 g/mol. The van der Waals surface area contributed by atoms with Gasteiger partial charge in [-0.3, -0.25) is 4.90 Å². The average molecular weight is 273 g/mol. The molecule has 4 nitrogen and oxygen atoms in total. The van der Waals surface area contributed by atoms with Crippen LogP contribution in [-0.2, 0) is 0 Å². The van der Waals surface area contributed by atoms with Crippen LogP contribution in [0.2, 0.25) is 0 Å². The third-order valence-corrected chi connectivity index (χ3v) is 4.29. The summed E-state index contributed by atoms with van der Waals surface area (Å²) in [6.07, 6.45) is 4.35. The van der Waals surface area contributed by atoms with Crippen molar-refractivity contribution in [3.8, 4) is 0 Å². The van der Waals surface area contributed by atoms with Crippen molar-refractivity contribution in [3.05, 3.63) is 30.3 Å². The molecule has 0 unspecified atom stereocenters. The lowest BCUT2D eigenvalue weighted by molar-refractivity contribution is 0.210. The van der Waals surface area contributed by atoms with Gasteiger partial charge in [-0.05, 0) is 50.9 Å². The van der Waals surface area contributed by atoms with E-state index in [1.54, 1.807) is 0 Å². The van der Waals surface area contributed by atoms with Gasteiger partial charge in [0.05, 0.1) is 0 Å². The maximum atomic E-state index is 12.9. The highest BCUT2D eigenvalue weighted by molar-refractivity contribution is 5.92. The standard InChI is InChI=1S/C16H23N3O/c20-16(18-12-4-5-13-18)19(14-6-2-1-3-7-14)15-8-10-17-11-9-15/h1-3,6-7,15,17H,4-5,8-13H2. The molecule has 0 aromatic heterocycles. The van der Waals surface area contributed by atoms with Gasteiger partial charge in [0.2, 0.25) is 0 Å². The molecular formula is C16H23N3O. The van der Waals surface area contributed by atoms with Gasteiger partial charge in [0.25, 0.3) is 0 Å². The van der Waals surface area contributed by atoms with E-state index in [-0.39, 0.29) is 6.03 Å². The zero-order valence-corrected chi connectivity index (χ0v) is 11.9. The molecule has 2 heterocycles. The molecule has 1 aromatic carbocycles. The Balaban J connectivity index is 1.84. The fraction of sp³-hybridized carbons (Fsp3) is 0.562. The lowest BCUT2D eigenvalue weighted by Crippen LogP contribution is -2.51. The number of likely N-dealkylation sites (tertiary alicyclic amines) is 1. The summed E-state index contributed by atoms with van der Waals surface area (Å²) in [5, 5.41) is 3.38. The number of rotatable bonds is 2. The van der Waals surface area contributed by atoms with Crippen LogP contribution in [0, 0.1) is 0 Å². The quantitative estimate of drug-likeness (QED) is 0.898. The largest absolute Gasteiger partial charge is 0.324 e. The molecule has 4 heteroatoms. The van der Waals surface area contributed by atoms with Crippen LogP contribution in [0.25, 0.3) is 0 Å². The lowest BCUT2D eigenvalue weighted by atomic mass is 10.0. The van der Waals surface area contributed by atoms with E-state index in [1.807, 2.05) is 28.0 Å². The first kappa shape index (κ1) is 13.4. The number of hydrogen-bond donors (Lipinski definition) is 1. The summed E-state index contributed by atoms with van der Waals surface area (Å²) in [7, 11) is 0. The highest BCUT2D eigenvalue weighted by Gasteiger charge is 2.31. The molecule has 1 aromatic rings. The van der Waals surface area contributed by atoms with Crippen LogP contribution in [0.4, 0.5) is 10.5 Å². The van der Waals surface area contributed by atoms with Gasteiger partial charge in [-0.15, -0.1) is 0 Å². The van der Waals surface area contributed by atoms with Gasteiger partial charge in [-0.25, -0.2) is 4.79 Å². The summed E-state index contributed by atoms with van der Waals surface area (Å²) in [6.45, 7) is 3.82. The minimum Gasteiger partial charge on any atom is -0.324 e. The minimum absolute atomic E-state index is 0.195. The zero-order chi connectivity index (χ0) is 13.8. The van der Waals surface area contributed by atoms with Gasteiger partial charge >= 0.3 is 6.03 Å². The third kappa shape index (κ3) is 2.80. The summed E-state index contributed by atoms with van der Waals surface area (Å²) in [5.41, 5.74) is 1.04. The second-order valence-corrected chi connectivity index (χ2v) is 5.66. The SMILES string of the molecule is O=C(N1CCCC1)N(c1ccccc1)C1CCNCC1. The Labute approximate surface area is 120 Å². The van der Waals surface area contributed by atoms with Gasteiger partial charge in [0, 0.05) is 24.8 Å². The van der Waals surface area contributed by atoms with Gasteiger partial charge in [0.15, 0.2) is 0 Å². The average Bonchev–Trinajstić information content (AvgIpc) is 3.04. The van der Waals surface area contributed by atoms with Crippen molar-refractivity contribution < 1.29 is 4.79 Å². The predicted molar refractivity (Wildman–Crippen MR) is 81.0 cm³/mol. The van der Waals surface area contributed by atoms with Gasteiger partial charge < -0.3 is 10.2 Å². The van der Waals surface area contributed by atoms with E-state index in [4.69, 9.17) is 0 Å². The molecule has 2 aliphatic rings. The molecule has 2 aliphatic heterocycles. The number of carbonyl (C=O) groups excluding carboxylic acids is 1. The van der Waals surface area contributed by atoms with E-state index < -0.39 is 0 Å². The van der Waals surface area contributed by atoms with Crippen molar-refractivity contribution in [1.29, 1.82) is 0 Å². The summed E-state index contributed by atoms with van der Waals surface area (Å²) in [5.74, 6) is 0. The first-order valence-electron chi connectivity index (χ1n) is 7.70. The number of nitrogens with zero attached hydrogens (tertiary/aromatic N) is 2. The van der Waals surface area contributed by atoms with Gasteiger partial charge in [-0.1, -0.05) is 18.2 Å². The van der Waals surface area contributed by atoms with E-state index in [1.165, 1.54) is 0 Å². The highest BCUT2D eigenvalue weighted by atomic mass is 16.2. The van der Waals surface area contributed by atoms with Crippen molar-refractivity contribution in [2.75, 3.05) is 31.1 Å². The normalized spacial score (nSPS) is 20.1. The van der Waals surface area contributed by atoms with Crippen LogP contribution in [0.3, 0.4) is 0 Å². The summed E-state index contributed by atoms with van der Waals surface area (Å²) < 4.78 is 0. The number of urea groups is 1. The van der Waals surface area contributed by atoms with Crippen LogP contribution in [0.1, 0.15) is 25.7 Å². The molecule has 2 fully saturated rings. The molecule has 0 saturated carbocycles. The Morgan fingerprint density at radius 3 is 2.40 bits per heavy atom. The number of para-hydroxylation sites is 1. The van der Waals surface area contributed by atoms with Crippen LogP contribution >= 0.6 is 0 Å². The molecule has 0 atom stereocenters. The Morgan fingerprint density at radius 1 is 1.10 bits per heavy atom. The number of nitrogens with one attached hydrogen (secondary N) is 1. The molecule has 0 radical (unpaired) electrons. The Morgan fingerprint density at radius 2 is 1.75 bits per heavy atom. The topological polar surface area (TPSA) is 35.6 Å². The predicted octanol–water partition coefficient (Wildman–Crippen LogP) is 2.46. The van der Waals surface area contributed by atoms with Crippen molar-refractivity contribution in [2.24, 2.45) is 0 Å². The van der Waals surface area contributed by atoms with Crippen molar-refractivity contribution in [2.45, 2.75) is 31.7 Å². The van der Waals surface area contributed by atoms with E-state index in [0.717, 1.165) is 57.5 Å². The van der Waals surface area contributed by atoms with Crippen molar-refractivity contribution in [3.63, 3.8) is 0 Å². The fourth-order valence-electron chi connectivity index (χ4n) is 3.19. The van der Waals surface area contributed by atoms with Gasteiger partial charge in [0.1, 0.15) is 0 Å². The molecule has 108 valence electrons. The summed E-state index contributed by atoms with van der Waals surface area (Å²) in [6, 6.07) is 10.7. The Kier molecular flexibility index (Phi) is 4.21. The molecule has 0 aliphatic carbocycles. The molecule has 20 heavy (non-hydrogen) atoms. The number of hydrogen-bond acceptors (Lipinski definition) is 2. The van der Waals surface area contributed by atoms with E-state index >= 15 is 0 Å². The molecule has 2 amide bonds. The summed E-state index contributed by atoms with van der Waals surface area (Å²) in [4.78, 5) is 16.9. The van der Waals surface area contributed by atoms with Crippen LogP contribution in [-0.4, -0.2) is 43.2 Å². The van der Waals surface area contributed by atoms with Gasteiger partial charge in [-0.2, -0.15) is 0 Å².